The van der Waals surface area contributed by atoms with Crippen molar-refractivity contribution in [2.24, 2.45) is 5.73 Å². The Morgan fingerprint density at radius 2 is 2.28 bits per heavy atom. The Labute approximate surface area is 107 Å². The average Bonchev–Trinajstić information content (AvgIpc) is 2.96. The summed E-state index contributed by atoms with van der Waals surface area (Å²) in [6.07, 6.45) is 4.08. The lowest BCUT2D eigenvalue weighted by Crippen LogP contribution is -2.11. The van der Waals surface area contributed by atoms with Crippen LogP contribution in [0.25, 0.3) is 5.65 Å². The largest absolute Gasteiger partial charge is 0.365 e. The monoisotopic (exact) mass is 258 g/mol. The number of hydrogen-bond donors (Lipinski definition) is 1. The lowest BCUT2D eigenvalue weighted by molar-refractivity contribution is 0.100. The van der Waals surface area contributed by atoms with Crippen molar-refractivity contribution in [3.63, 3.8) is 0 Å². The fourth-order valence-corrected chi connectivity index (χ4v) is 2.65. The van der Waals surface area contributed by atoms with Crippen LogP contribution in [0.15, 0.2) is 36.1 Å². The summed E-state index contributed by atoms with van der Waals surface area (Å²) in [6.45, 7) is 0. The Kier molecular flexibility index (Phi) is 2.56. The highest BCUT2D eigenvalue weighted by Crippen LogP contribution is 2.19. The highest BCUT2D eigenvalue weighted by Gasteiger charge is 2.10. The second-order valence-electron chi connectivity index (χ2n) is 3.92. The summed E-state index contributed by atoms with van der Waals surface area (Å²) in [5.41, 5.74) is 8.15. The van der Waals surface area contributed by atoms with E-state index >= 15 is 0 Å². The highest BCUT2D eigenvalue weighted by atomic mass is 32.1. The minimum Gasteiger partial charge on any atom is -0.365 e. The third-order valence-corrected chi connectivity index (χ3v) is 3.67. The van der Waals surface area contributed by atoms with Gasteiger partial charge in [0.15, 0.2) is 5.65 Å². The van der Waals surface area contributed by atoms with E-state index in [4.69, 9.17) is 5.73 Å². The van der Waals surface area contributed by atoms with Gasteiger partial charge >= 0.3 is 0 Å². The maximum atomic E-state index is 11.2. The number of rotatable bonds is 3. The highest BCUT2D eigenvalue weighted by molar-refractivity contribution is 7.12. The Morgan fingerprint density at radius 3 is 3.11 bits per heavy atom. The molecule has 3 rings (SSSR count). The summed E-state index contributed by atoms with van der Waals surface area (Å²) in [6, 6.07) is 5.81. The minimum absolute atomic E-state index is 0.373. The SMILES string of the molecule is NC(=O)c1sccc1Cc1ccc2ncnn2c1. The molecule has 3 aromatic heterocycles. The number of carbonyl (C=O) groups is 1. The van der Waals surface area contributed by atoms with Crippen molar-refractivity contribution >= 4 is 22.9 Å². The van der Waals surface area contributed by atoms with E-state index in [1.807, 2.05) is 29.8 Å². The third kappa shape index (κ3) is 1.86. The number of amides is 1. The van der Waals surface area contributed by atoms with Crippen molar-refractivity contribution in [2.75, 3.05) is 0 Å². The van der Waals surface area contributed by atoms with Gasteiger partial charge in [0.2, 0.25) is 0 Å². The number of carbonyl (C=O) groups excluding carboxylic acids is 1. The molecule has 0 saturated heterocycles. The lowest BCUT2D eigenvalue weighted by atomic mass is 10.1. The molecule has 90 valence electrons. The molecule has 0 radical (unpaired) electrons. The van der Waals surface area contributed by atoms with Crippen LogP contribution in [0.2, 0.25) is 0 Å². The maximum Gasteiger partial charge on any atom is 0.259 e. The normalized spacial score (nSPS) is 10.9. The number of nitrogens with two attached hydrogens (primary N) is 1. The molecular weight excluding hydrogens is 248 g/mol. The Hall–Kier alpha value is -2.21. The molecule has 0 fully saturated rings. The molecule has 5 nitrogen and oxygen atoms in total. The van der Waals surface area contributed by atoms with Crippen LogP contribution in [-0.2, 0) is 6.42 Å². The van der Waals surface area contributed by atoms with Crippen molar-refractivity contribution in [1.29, 1.82) is 0 Å². The molecule has 6 heteroatoms. The zero-order chi connectivity index (χ0) is 12.5. The molecule has 0 aliphatic carbocycles. The quantitative estimate of drug-likeness (QED) is 0.773. The van der Waals surface area contributed by atoms with E-state index in [0.717, 1.165) is 16.8 Å². The van der Waals surface area contributed by atoms with Crippen molar-refractivity contribution < 1.29 is 4.79 Å². The lowest BCUT2D eigenvalue weighted by Gasteiger charge is -2.02. The number of hydrogen-bond acceptors (Lipinski definition) is 4. The Morgan fingerprint density at radius 1 is 1.39 bits per heavy atom. The number of fused-ring (bicyclic) bond motifs is 1. The molecule has 0 unspecified atom stereocenters. The summed E-state index contributed by atoms with van der Waals surface area (Å²) in [7, 11) is 0. The fraction of sp³-hybridized carbons (Fsp3) is 0.0833. The van der Waals surface area contributed by atoms with Crippen molar-refractivity contribution in [2.45, 2.75) is 6.42 Å². The second-order valence-corrected chi connectivity index (χ2v) is 4.83. The first kappa shape index (κ1) is 10.9. The molecule has 0 aliphatic rings. The summed E-state index contributed by atoms with van der Waals surface area (Å²) in [4.78, 5) is 16.0. The molecule has 0 aromatic carbocycles. The van der Waals surface area contributed by atoms with Crippen LogP contribution < -0.4 is 5.73 Å². The average molecular weight is 258 g/mol. The summed E-state index contributed by atoms with van der Waals surface area (Å²) >= 11 is 1.37. The van der Waals surface area contributed by atoms with E-state index in [1.165, 1.54) is 17.7 Å². The summed E-state index contributed by atoms with van der Waals surface area (Å²) < 4.78 is 1.71. The predicted molar refractivity (Wildman–Crippen MR) is 68.6 cm³/mol. The molecule has 0 aliphatic heterocycles. The minimum atomic E-state index is -0.373. The molecule has 2 N–H and O–H groups in total. The van der Waals surface area contributed by atoms with Gasteiger partial charge in [-0.3, -0.25) is 4.79 Å². The smallest absolute Gasteiger partial charge is 0.259 e. The van der Waals surface area contributed by atoms with Crippen molar-refractivity contribution in [3.05, 3.63) is 52.1 Å². The molecular formula is C12H10N4OS. The first-order valence-corrected chi connectivity index (χ1v) is 6.26. The number of primary amides is 1. The number of aromatic nitrogens is 3. The maximum absolute atomic E-state index is 11.2. The topological polar surface area (TPSA) is 73.3 Å². The van der Waals surface area contributed by atoms with Gasteiger partial charge in [-0.05, 0) is 28.6 Å². The number of pyridine rings is 1. The van der Waals surface area contributed by atoms with Gasteiger partial charge < -0.3 is 5.73 Å². The van der Waals surface area contributed by atoms with Crippen LogP contribution in [-0.4, -0.2) is 20.5 Å². The molecule has 18 heavy (non-hydrogen) atoms. The first-order chi connectivity index (χ1) is 8.74. The van der Waals surface area contributed by atoms with E-state index < -0.39 is 0 Å². The van der Waals surface area contributed by atoms with Crippen LogP contribution in [0, 0.1) is 0 Å². The van der Waals surface area contributed by atoms with Gasteiger partial charge in [-0.15, -0.1) is 11.3 Å². The van der Waals surface area contributed by atoms with E-state index in [1.54, 1.807) is 4.52 Å². The Balaban J connectivity index is 1.95. The first-order valence-electron chi connectivity index (χ1n) is 5.38. The molecule has 3 heterocycles. The summed E-state index contributed by atoms with van der Waals surface area (Å²) in [5.74, 6) is -0.373. The van der Waals surface area contributed by atoms with Crippen LogP contribution in [0.3, 0.4) is 0 Å². The van der Waals surface area contributed by atoms with Crippen molar-refractivity contribution in [3.8, 4) is 0 Å². The van der Waals surface area contributed by atoms with E-state index in [9.17, 15) is 4.79 Å². The summed E-state index contributed by atoms with van der Waals surface area (Å²) in [5, 5.41) is 5.96. The number of thiophene rings is 1. The molecule has 0 saturated carbocycles. The zero-order valence-corrected chi connectivity index (χ0v) is 10.2. The van der Waals surface area contributed by atoms with Crippen LogP contribution in [0.1, 0.15) is 20.8 Å². The fourth-order valence-electron chi connectivity index (χ4n) is 1.88. The van der Waals surface area contributed by atoms with Crippen LogP contribution in [0.4, 0.5) is 0 Å². The van der Waals surface area contributed by atoms with E-state index in [0.29, 0.717) is 11.3 Å². The van der Waals surface area contributed by atoms with Gasteiger partial charge in [-0.2, -0.15) is 5.10 Å². The van der Waals surface area contributed by atoms with E-state index in [2.05, 4.69) is 10.1 Å². The van der Waals surface area contributed by atoms with Crippen LogP contribution in [0.5, 0.6) is 0 Å². The standard InChI is InChI=1S/C12H10N4OS/c13-12(17)11-9(3-4-18-11)5-8-1-2-10-14-7-15-16(10)6-8/h1-4,6-7H,5H2,(H2,13,17). The number of nitrogens with zero attached hydrogens (tertiary/aromatic N) is 3. The predicted octanol–water partition coefficient (Wildman–Crippen LogP) is 1.48. The van der Waals surface area contributed by atoms with Crippen molar-refractivity contribution in [1.82, 2.24) is 14.6 Å². The van der Waals surface area contributed by atoms with Gasteiger partial charge in [0.1, 0.15) is 6.33 Å². The van der Waals surface area contributed by atoms with Gasteiger partial charge in [0.05, 0.1) is 4.88 Å². The van der Waals surface area contributed by atoms with Gasteiger partial charge in [0.25, 0.3) is 5.91 Å². The molecule has 3 aromatic rings. The van der Waals surface area contributed by atoms with Gasteiger partial charge in [-0.25, -0.2) is 9.50 Å². The molecule has 0 spiro atoms. The zero-order valence-electron chi connectivity index (χ0n) is 9.41. The molecule has 1 amide bonds. The third-order valence-electron chi connectivity index (χ3n) is 2.70. The second kappa shape index (κ2) is 4.23. The van der Waals surface area contributed by atoms with Crippen LogP contribution >= 0.6 is 11.3 Å². The van der Waals surface area contributed by atoms with E-state index in [-0.39, 0.29) is 5.91 Å². The van der Waals surface area contributed by atoms with Gasteiger partial charge in [-0.1, -0.05) is 6.07 Å². The molecule has 0 atom stereocenters. The van der Waals surface area contributed by atoms with Gasteiger partial charge in [0, 0.05) is 12.6 Å². The Bertz CT molecular complexity index is 716. The molecule has 0 bridgehead atoms.